The third-order valence-corrected chi connectivity index (χ3v) is 4.36. The molecule has 0 spiro atoms. The van der Waals surface area contributed by atoms with E-state index in [1.165, 1.54) is 11.1 Å². The second-order valence-corrected chi connectivity index (χ2v) is 6.70. The maximum absolute atomic E-state index is 9.82. The van der Waals surface area contributed by atoms with Gasteiger partial charge in [-0.1, -0.05) is 44.2 Å². The zero-order valence-electron chi connectivity index (χ0n) is 17.0. The van der Waals surface area contributed by atoms with Crippen LogP contribution in [-0.2, 0) is 57.3 Å². The molecular weight excluding hydrogens is 712 g/mol. The van der Waals surface area contributed by atoms with Crippen molar-refractivity contribution in [3.8, 4) is 11.5 Å². The number of hydrogen-bond donors (Lipinski definition) is 1. The van der Waals surface area contributed by atoms with Gasteiger partial charge in [-0.3, -0.25) is 0 Å². The Bertz CT molecular complexity index is 702. The number of ether oxygens (including phenoxy) is 2. The number of rotatable bonds is 11. The number of methoxy groups -OCH3 is 1. The first-order valence-electron chi connectivity index (χ1n) is 8.88. The molecule has 7 heteroatoms. The second-order valence-electron chi connectivity index (χ2n) is 6.70. The number of aliphatic hydroxyl groups excluding tert-OH is 1. The van der Waals surface area contributed by atoms with Crippen LogP contribution < -0.4 is 9.47 Å². The van der Waals surface area contributed by atoms with E-state index in [0.717, 1.165) is 5.75 Å². The van der Waals surface area contributed by atoms with E-state index >= 15 is 0 Å². The van der Waals surface area contributed by atoms with Gasteiger partial charge in [-0.05, 0) is 35.4 Å². The summed E-state index contributed by atoms with van der Waals surface area (Å²) in [6.07, 6.45) is 0.794. The predicted molar refractivity (Wildman–Crippen MR) is 105 cm³/mol. The van der Waals surface area contributed by atoms with Gasteiger partial charge in [0.2, 0.25) is 0 Å². The van der Waals surface area contributed by atoms with Gasteiger partial charge in [0.25, 0.3) is 0 Å². The van der Waals surface area contributed by atoms with E-state index < -0.39 is 6.10 Å². The number of aliphatic hydroxyl groups is 1. The molecule has 158 valence electrons. The Morgan fingerprint density at radius 1 is 0.897 bits per heavy atom. The van der Waals surface area contributed by atoms with Crippen LogP contribution in [0.25, 0.3) is 0 Å². The molecule has 0 saturated heterocycles. The van der Waals surface area contributed by atoms with Crippen LogP contribution in [0.3, 0.4) is 0 Å². The molecule has 0 radical (unpaired) electrons. The van der Waals surface area contributed by atoms with Crippen LogP contribution in [0.5, 0.6) is 11.5 Å². The summed E-state index contributed by atoms with van der Waals surface area (Å²) in [6, 6.07) is 16.0. The Morgan fingerprint density at radius 3 is 1.90 bits per heavy atom. The van der Waals surface area contributed by atoms with E-state index in [1.807, 2.05) is 36.4 Å². The Labute approximate surface area is 201 Å². The molecule has 2 aromatic carbocycles. The fourth-order valence-corrected chi connectivity index (χ4v) is 2.61. The molecule has 0 bridgehead atoms. The van der Waals surface area contributed by atoms with Crippen molar-refractivity contribution in [1.82, 2.24) is 0 Å². The van der Waals surface area contributed by atoms with Crippen LogP contribution in [0.1, 0.15) is 25.0 Å². The van der Waals surface area contributed by atoms with Crippen LogP contribution in [0.2, 0.25) is 0 Å². The molecule has 0 saturated carbocycles. The van der Waals surface area contributed by atoms with Gasteiger partial charge in [-0.25, -0.2) is 9.78 Å². The van der Waals surface area contributed by atoms with Crippen molar-refractivity contribution in [1.29, 1.82) is 0 Å². The van der Waals surface area contributed by atoms with Crippen LogP contribution in [0.15, 0.2) is 61.2 Å². The molecule has 29 heavy (non-hydrogen) atoms. The van der Waals surface area contributed by atoms with Gasteiger partial charge in [0.15, 0.2) is 0 Å². The summed E-state index contributed by atoms with van der Waals surface area (Å²) >= 11 is 0. The monoisotopic (exact) mass is 740 g/mol. The normalized spacial score (nSPS) is 11.6. The zero-order valence-corrected chi connectivity index (χ0v) is 22.9. The van der Waals surface area contributed by atoms with Crippen molar-refractivity contribution in [3.05, 3.63) is 72.3 Å². The van der Waals surface area contributed by atoms with E-state index in [9.17, 15) is 5.11 Å². The molecule has 5 nitrogen and oxygen atoms in total. The first kappa shape index (κ1) is 28.0. The number of benzene rings is 2. The average Bonchev–Trinajstić information content (AvgIpc) is 2.70. The maximum atomic E-state index is 9.82. The Hall–Kier alpha value is -0.963. The fraction of sp³-hybridized carbons (Fsp3) is 0.364. The van der Waals surface area contributed by atoms with Gasteiger partial charge in [-0.15, -0.1) is 6.58 Å². The molecule has 0 aromatic heterocycles. The van der Waals surface area contributed by atoms with Crippen molar-refractivity contribution in [2.24, 2.45) is 0 Å². The van der Waals surface area contributed by atoms with Crippen molar-refractivity contribution in [2.75, 3.05) is 26.9 Å². The molecule has 0 amide bonds. The first-order valence-corrected chi connectivity index (χ1v) is 8.88. The van der Waals surface area contributed by atoms with Crippen LogP contribution in [0, 0.1) is 0 Å². The Kier molecular flexibility index (Phi) is 13.6. The second kappa shape index (κ2) is 14.1. The van der Waals surface area contributed by atoms with Gasteiger partial charge in [0, 0.05) is 47.5 Å². The molecule has 2 aromatic rings. The molecule has 0 aliphatic carbocycles. The predicted octanol–water partition coefficient (Wildman–Crippen LogP) is 3.89. The third-order valence-electron chi connectivity index (χ3n) is 4.36. The minimum absolute atomic E-state index is 0. The van der Waals surface area contributed by atoms with Crippen LogP contribution in [0.4, 0.5) is 0 Å². The van der Waals surface area contributed by atoms with Crippen LogP contribution >= 0.6 is 0 Å². The molecule has 1 atom stereocenters. The summed E-state index contributed by atoms with van der Waals surface area (Å²) in [4.78, 5) is 9.62. The molecule has 0 heterocycles. The van der Waals surface area contributed by atoms with Gasteiger partial charge in [0.05, 0.1) is 7.11 Å². The molecule has 2 rings (SSSR count). The first-order chi connectivity index (χ1) is 13.0. The topological polar surface area (TPSA) is 57.2 Å². The summed E-state index contributed by atoms with van der Waals surface area (Å²) in [7, 11) is 1.66. The van der Waals surface area contributed by atoms with E-state index in [1.54, 1.807) is 13.2 Å². The van der Waals surface area contributed by atoms with Crippen molar-refractivity contribution < 1.29 is 66.5 Å². The van der Waals surface area contributed by atoms with Gasteiger partial charge >= 0.3 is 0 Å². The summed E-state index contributed by atoms with van der Waals surface area (Å²) in [6.45, 7) is 8.30. The molecular formula is C22H28O5W2. The Balaban J connectivity index is 0.00000392. The molecule has 0 fully saturated rings. The molecule has 0 aliphatic rings. The van der Waals surface area contributed by atoms with E-state index in [4.69, 9.17) is 19.2 Å². The van der Waals surface area contributed by atoms with Gasteiger partial charge < -0.3 is 14.6 Å². The van der Waals surface area contributed by atoms with Crippen molar-refractivity contribution in [3.63, 3.8) is 0 Å². The van der Waals surface area contributed by atoms with E-state index in [0.29, 0.717) is 5.75 Å². The number of hydrogen-bond acceptors (Lipinski definition) is 5. The van der Waals surface area contributed by atoms with Crippen molar-refractivity contribution >= 4 is 0 Å². The standard InChI is InChI=1S/C22H28O5.2W/c1-5-14-26-27-16-19(23)15-25-21-12-8-18(9-13-21)22(2,3)17-6-10-20(24-4)11-7-17;;/h5-13,19,23H,1,14-16H2,2-4H3;;. The van der Waals surface area contributed by atoms with Gasteiger partial charge in [-0.2, -0.15) is 0 Å². The Morgan fingerprint density at radius 2 is 1.41 bits per heavy atom. The minimum atomic E-state index is -0.773. The smallest absolute Gasteiger partial charge is 0.119 e. The van der Waals surface area contributed by atoms with E-state index in [-0.39, 0.29) is 67.4 Å². The average molecular weight is 740 g/mol. The minimum Gasteiger partial charge on any atom is -0.497 e. The summed E-state index contributed by atoms with van der Waals surface area (Å²) in [5.74, 6) is 1.53. The quantitative estimate of drug-likeness (QED) is 0.164. The van der Waals surface area contributed by atoms with Crippen molar-refractivity contribution in [2.45, 2.75) is 25.4 Å². The third kappa shape index (κ3) is 8.74. The summed E-state index contributed by atoms with van der Waals surface area (Å²) in [5, 5.41) is 9.82. The summed E-state index contributed by atoms with van der Waals surface area (Å²) in [5.41, 5.74) is 2.21. The zero-order chi connectivity index (χ0) is 19.7. The fourth-order valence-electron chi connectivity index (χ4n) is 2.61. The maximum Gasteiger partial charge on any atom is 0.119 e. The van der Waals surface area contributed by atoms with Gasteiger partial charge in [0.1, 0.15) is 37.4 Å². The summed E-state index contributed by atoms with van der Waals surface area (Å²) < 4.78 is 10.8. The molecule has 0 aliphatic heterocycles. The van der Waals surface area contributed by atoms with Crippen LogP contribution in [-0.4, -0.2) is 38.1 Å². The largest absolute Gasteiger partial charge is 0.497 e. The SMILES string of the molecule is C=CCOOCC(O)COc1ccc(C(C)(C)c2ccc(OC)cc2)cc1.[W].[W]. The molecule has 1 unspecified atom stereocenters. The van der Waals surface area contributed by atoms with E-state index in [2.05, 4.69) is 32.6 Å². The molecule has 1 N–H and O–H groups in total.